The second-order valence-electron chi connectivity index (χ2n) is 7.62. The minimum absolute atomic E-state index is 0. The number of hydrogen-bond acceptors (Lipinski definition) is 5. The van der Waals surface area contributed by atoms with Gasteiger partial charge in [0, 0.05) is 26.2 Å². The third-order valence-electron chi connectivity index (χ3n) is 5.46. The van der Waals surface area contributed by atoms with Gasteiger partial charge in [-0.3, -0.25) is 9.89 Å². The first kappa shape index (κ1) is 27.1. The van der Waals surface area contributed by atoms with Crippen molar-refractivity contribution in [3.05, 3.63) is 59.4 Å². The molecule has 1 aliphatic heterocycles. The fourth-order valence-electron chi connectivity index (χ4n) is 3.73. The van der Waals surface area contributed by atoms with E-state index < -0.39 is 0 Å². The smallest absolute Gasteiger partial charge is 0.191 e. The van der Waals surface area contributed by atoms with Gasteiger partial charge in [0.15, 0.2) is 17.5 Å². The van der Waals surface area contributed by atoms with E-state index in [1.54, 1.807) is 13.2 Å². The molecule has 0 amide bonds. The number of halogens is 2. The van der Waals surface area contributed by atoms with E-state index in [2.05, 4.69) is 15.5 Å². The molecule has 2 aromatic carbocycles. The molecule has 1 unspecified atom stereocenters. The van der Waals surface area contributed by atoms with Crippen molar-refractivity contribution in [1.29, 1.82) is 0 Å². The van der Waals surface area contributed by atoms with Gasteiger partial charge in [0.2, 0.25) is 0 Å². The molecule has 1 atom stereocenters. The molecule has 182 valence electrons. The van der Waals surface area contributed by atoms with Crippen molar-refractivity contribution in [1.82, 2.24) is 15.5 Å². The Labute approximate surface area is 212 Å². The Morgan fingerprint density at radius 2 is 1.91 bits per heavy atom. The first-order valence-corrected chi connectivity index (χ1v) is 11.1. The Bertz CT molecular complexity index is 877. The molecular weight excluding hydrogens is 538 g/mol. The van der Waals surface area contributed by atoms with Crippen molar-refractivity contribution in [2.45, 2.75) is 19.4 Å². The Morgan fingerprint density at radius 1 is 1.18 bits per heavy atom. The molecule has 3 rings (SSSR count). The molecule has 1 aliphatic rings. The largest absolute Gasteiger partial charge is 0.504 e. The maximum absolute atomic E-state index is 13.5. The number of phenolic OH excluding ortho intramolecular Hbond substituents is 1. The van der Waals surface area contributed by atoms with Crippen LogP contribution in [0.1, 0.15) is 24.1 Å². The summed E-state index contributed by atoms with van der Waals surface area (Å²) >= 11 is 0. The molecule has 0 spiro atoms. The molecule has 33 heavy (non-hydrogen) atoms. The predicted molar refractivity (Wildman–Crippen MR) is 139 cm³/mol. The third-order valence-corrected chi connectivity index (χ3v) is 5.46. The number of aliphatic imine (C=N–C) groups is 1. The van der Waals surface area contributed by atoms with E-state index in [0.29, 0.717) is 32.1 Å². The zero-order chi connectivity index (χ0) is 22.8. The van der Waals surface area contributed by atoms with E-state index in [0.717, 1.165) is 43.1 Å². The van der Waals surface area contributed by atoms with Gasteiger partial charge in [-0.1, -0.05) is 18.2 Å². The summed E-state index contributed by atoms with van der Waals surface area (Å²) in [6.07, 6.45) is 0.756. The SMILES string of the molecule is CCNC(=NCC(c1ccc(F)cc1)N1CCOCC1)NCCc1ccc(O)c(OC)c1.I. The van der Waals surface area contributed by atoms with Crippen LogP contribution in [-0.2, 0) is 11.2 Å². The summed E-state index contributed by atoms with van der Waals surface area (Å²) in [5.74, 6) is 1.10. The third kappa shape index (κ3) is 8.31. The maximum atomic E-state index is 13.5. The summed E-state index contributed by atoms with van der Waals surface area (Å²) in [6, 6.07) is 12.1. The van der Waals surface area contributed by atoms with Crippen LogP contribution >= 0.6 is 24.0 Å². The summed E-state index contributed by atoms with van der Waals surface area (Å²) in [5, 5.41) is 16.4. The average molecular weight is 572 g/mol. The van der Waals surface area contributed by atoms with Gasteiger partial charge in [0.1, 0.15) is 5.82 Å². The molecule has 0 radical (unpaired) electrons. The summed E-state index contributed by atoms with van der Waals surface area (Å²) < 4.78 is 24.1. The predicted octanol–water partition coefficient (Wildman–Crippen LogP) is 3.33. The number of nitrogens with one attached hydrogen (secondary N) is 2. The Morgan fingerprint density at radius 3 is 2.58 bits per heavy atom. The van der Waals surface area contributed by atoms with Crippen LogP contribution < -0.4 is 15.4 Å². The van der Waals surface area contributed by atoms with Crippen molar-refractivity contribution < 1.29 is 19.0 Å². The van der Waals surface area contributed by atoms with Crippen molar-refractivity contribution in [2.75, 3.05) is 53.0 Å². The number of aromatic hydroxyl groups is 1. The highest BCUT2D eigenvalue weighted by atomic mass is 127. The lowest BCUT2D eigenvalue weighted by atomic mass is 10.0. The maximum Gasteiger partial charge on any atom is 0.191 e. The molecule has 1 fully saturated rings. The van der Waals surface area contributed by atoms with Gasteiger partial charge in [0.25, 0.3) is 0 Å². The summed E-state index contributed by atoms with van der Waals surface area (Å²) in [4.78, 5) is 7.16. The fourth-order valence-corrected chi connectivity index (χ4v) is 3.73. The monoisotopic (exact) mass is 572 g/mol. The normalized spacial score (nSPS) is 15.4. The van der Waals surface area contributed by atoms with Crippen LogP contribution in [0.4, 0.5) is 4.39 Å². The number of morpholine rings is 1. The van der Waals surface area contributed by atoms with Gasteiger partial charge in [-0.15, -0.1) is 24.0 Å². The van der Waals surface area contributed by atoms with Crippen LogP contribution in [0.25, 0.3) is 0 Å². The minimum Gasteiger partial charge on any atom is -0.504 e. The van der Waals surface area contributed by atoms with E-state index in [1.165, 1.54) is 12.1 Å². The molecule has 2 aromatic rings. The zero-order valence-electron chi connectivity index (χ0n) is 19.2. The first-order valence-electron chi connectivity index (χ1n) is 11.1. The van der Waals surface area contributed by atoms with Crippen molar-refractivity contribution in [3.63, 3.8) is 0 Å². The van der Waals surface area contributed by atoms with Crippen LogP contribution in [0.15, 0.2) is 47.5 Å². The molecule has 1 saturated heterocycles. The van der Waals surface area contributed by atoms with E-state index in [-0.39, 0.29) is 41.6 Å². The molecule has 3 N–H and O–H groups in total. The Hall–Kier alpha value is -2.11. The number of rotatable bonds is 9. The van der Waals surface area contributed by atoms with Crippen LogP contribution in [0.5, 0.6) is 11.5 Å². The van der Waals surface area contributed by atoms with Crippen LogP contribution in [0.3, 0.4) is 0 Å². The van der Waals surface area contributed by atoms with Gasteiger partial charge >= 0.3 is 0 Å². The molecule has 1 heterocycles. The molecule has 0 aromatic heterocycles. The Balaban J connectivity index is 0.00000385. The minimum atomic E-state index is -0.237. The summed E-state index contributed by atoms with van der Waals surface area (Å²) in [5.41, 5.74) is 2.10. The van der Waals surface area contributed by atoms with E-state index in [1.807, 2.05) is 31.2 Å². The molecule has 0 aliphatic carbocycles. The highest BCUT2D eigenvalue weighted by molar-refractivity contribution is 14.0. The number of guanidine groups is 1. The number of hydrogen-bond donors (Lipinski definition) is 3. The van der Waals surface area contributed by atoms with Crippen LogP contribution in [0.2, 0.25) is 0 Å². The van der Waals surface area contributed by atoms with Gasteiger partial charge in [-0.05, 0) is 48.7 Å². The van der Waals surface area contributed by atoms with Gasteiger partial charge in [0.05, 0.1) is 32.9 Å². The molecule has 0 saturated carbocycles. The van der Waals surface area contributed by atoms with Gasteiger partial charge in [-0.25, -0.2) is 4.39 Å². The number of ether oxygens (including phenoxy) is 2. The topological polar surface area (TPSA) is 78.4 Å². The lowest BCUT2D eigenvalue weighted by Crippen LogP contribution is -2.42. The summed E-state index contributed by atoms with van der Waals surface area (Å²) in [7, 11) is 1.54. The highest BCUT2D eigenvalue weighted by Gasteiger charge is 2.22. The van der Waals surface area contributed by atoms with Crippen LogP contribution in [0, 0.1) is 5.82 Å². The standard InChI is InChI=1S/C24H33FN4O3.HI/c1-3-26-24(27-11-10-18-4-9-22(30)23(16-18)31-2)28-17-21(29-12-14-32-15-13-29)19-5-7-20(25)8-6-19;/h4-9,16,21,30H,3,10-15,17H2,1-2H3,(H2,26,27,28);1H. The van der Waals surface area contributed by atoms with E-state index in [4.69, 9.17) is 14.5 Å². The fraction of sp³-hybridized carbons (Fsp3) is 0.458. The van der Waals surface area contributed by atoms with Gasteiger partial charge in [-0.2, -0.15) is 0 Å². The lowest BCUT2D eigenvalue weighted by molar-refractivity contribution is 0.0179. The number of benzene rings is 2. The first-order chi connectivity index (χ1) is 15.6. The Kier molecular flexibility index (Phi) is 11.7. The van der Waals surface area contributed by atoms with E-state index >= 15 is 0 Å². The second kappa shape index (κ2) is 14.2. The summed E-state index contributed by atoms with van der Waals surface area (Å²) in [6.45, 7) is 7.03. The number of phenols is 1. The zero-order valence-corrected chi connectivity index (χ0v) is 21.6. The van der Waals surface area contributed by atoms with Gasteiger partial charge < -0.3 is 25.2 Å². The molecule has 0 bridgehead atoms. The van der Waals surface area contributed by atoms with Crippen molar-refractivity contribution >= 4 is 29.9 Å². The van der Waals surface area contributed by atoms with E-state index in [9.17, 15) is 9.50 Å². The molecule has 9 heteroatoms. The average Bonchev–Trinajstić information content (AvgIpc) is 2.82. The lowest BCUT2D eigenvalue weighted by Gasteiger charge is -2.34. The quantitative estimate of drug-likeness (QED) is 0.243. The number of nitrogens with zero attached hydrogens (tertiary/aromatic N) is 2. The molecular formula is C24H34FIN4O3. The molecule has 7 nitrogen and oxygen atoms in total. The number of methoxy groups -OCH3 is 1. The highest BCUT2D eigenvalue weighted by Crippen LogP contribution is 2.26. The van der Waals surface area contributed by atoms with Crippen molar-refractivity contribution in [3.8, 4) is 11.5 Å². The van der Waals surface area contributed by atoms with Crippen LogP contribution in [-0.4, -0.2) is 69.0 Å². The second-order valence-corrected chi connectivity index (χ2v) is 7.62. The van der Waals surface area contributed by atoms with Crippen molar-refractivity contribution in [2.24, 2.45) is 4.99 Å².